The predicted octanol–water partition coefficient (Wildman–Crippen LogP) is 6.55. The third-order valence-electron chi connectivity index (χ3n) is 4.41. The van der Waals surface area contributed by atoms with E-state index in [9.17, 15) is 0 Å². The zero-order chi connectivity index (χ0) is 16.0. The molecule has 0 N–H and O–H groups in total. The van der Waals surface area contributed by atoms with Crippen LogP contribution in [0, 0.1) is 0 Å². The lowest BCUT2D eigenvalue weighted by Gasteiger charge is -2.19. The molecule has 0 aliphatic carbocycles. The summed E-state index contributed by atoms with van der Waals surface area (Å²) < 4.78 is 6.15. The molecule has 4 aromatic rings. The fourth-order valence-electron chi connectivity index (χ4n) is 3.26. The van der Waals surface area contributed by atoms with Gasteiger partial charge in [0.15, 0.2) is 0 Å². The number of fused-ring (bicyclic) bond motifs is 3. The van der Waals surface area contributed by atoms with Gasteiger partial charge in [0.25, 0.3) is 0 Å². The van der Waals surface area contributed by atoms with E-state index in [-0.39, 0.29) is 5.41 Å². The van der Waals surface area contributed by atoms with Gasteiger partial charge in [-0.2, -0.15) is 0 Å². The molecular formula is C22H20O. The second-order valence-electron chi connectivity index (χ2n) is 7.11. The van der Waals surface area contributed by atoms with Crippen molar-refractivity contribution in [2.45, 2.75) is 26.2 Å². The minimum Gasteiger partial charge on any atom is -0.456 e. The number of furan rings is 1. The van der Waals surface area contributed by atoms with Crippen molar-refractivity contribution < 1.29 is 4.42 Å². The molecule has 0 aliphatic rings. The highest BCUT2D eigenvalue weighted by molar-refractivity contribution is 6.08. The fourth-order valence-corrected chi connectivity index (χ4v) is 3.26. The first-order valence-corrected chi connectivity index (χ1v) is 8.05. The highest BCUT2D eigenvalue weighted by atomic mass is 16.3. The first kappa shape index (κ1) is 14.1. The van der Waals surface area contributed by atoms with Crippen LogP contribution < -0.4 is 0 Å². The molecule has 0 saturated heterocycles. The normalized spacial score (nSPS) is 12.1. The van der Waals surface area contributed by atoms with E-state index in [0.29, 0.717) is 0 Å². The summed E-state index contributed by atoms with van der Waals surface area (Å²) in [5, 5.41) is 2.44. The molecule has 0 saturated carbocycles. The minimum atomic E-state index is 0.0917. The Balaban J connectivity index is 2.00. The maximum atomic E-state index is 6.15. The van der Waals surface area contributed by atoms with Gasteiger partial charge in [-0.25, -0.2) is 0 Å². The Morgan fingerprint density at radius 1 is 0.696 bits per heavy atom. The summed E-state index contributed by atoms with van der Waals surface area (Å²) in [4.78, 5) is 0. The molecule has 0 radical (unpaired) electrons. The molecule has 0 amide bonds. The summed E-state index contributed by atoms with van der Waals surface area (Å²) in [7, 11) is 0. The fraction of sp³-hybridized carbons (Fsp3) is 0.182. The van der Waals surface area contributed by atoms with Crippen molar-refractivity contribution in [2.75, 3.05) is 0 Å². The summed E-state index contributed by atoms with van der Waals surface area (Å²) in [5.41, 5.74) is 5.76. The molecule has 3 aromatic carbocycles. The van der Waals surface area contributed by atoms with Crippen LogP contribution in [0.3, 0.4) is 0 Å². The first-order valence-electron chi connectivity index (χ1n) is 8.05. The molecule has 0 spiro atoms. The van der Waals surface area contributed by atoms with Crippen LogP contribution in [0.5, 0.6) is 0 Å². The number of rotatable bonds is 1. The van der Waals surface area contributed by atoms with Crippen molar-refractivity contribution in [1.82, 2.24) is 0 Å². The number of hydrogen-bond acceptors (Lipinski definition) is 1. The van der Waals surface area contributed by atoms with E-state index in [1.807, 2.05) is 6.07 Å². The smallest absolute Gasteiger partial charge is 0.136 e. The number of benzene rings is 3. The highest BCUT2D eigenvalue weighted by Crippen LogP contribution is 2.38. The van der Waals surface area contributed by atoms with Crippen molar-refractivity contribution in [3.63, 3.8) is 0 Å². The molecule has 0 fully saturated rings. The maximum absolute atomic E-state index is 6.15. The SMILES string of the molecule is CC(C)(C)c1cccc2oc3cc(-c4ccccc4)ccc3c12. The lowest BCUT2D eigenvalue weighted by molar-refractivity contribution is 0.594. The third kappa shape index (κ3) is 2.33. The average Bonchev–Trinajstić information content (AvgIpc) is 2.92. The summed E-state index contributed by atoms with van der Waals surface area (Å²) in [6.45, 7) is 6.75. The van der Waals surface area contributed by atoms with E-state index < -0.39 is 0 Å². The zero-order valence-electron chi connectivity index (χ0n) is 13.8. The lowest BCUT2D eigenvalue weighted by atomic mass is 9.84. The molecule has 1 heterocycles. The van der Waals surface area contributed by atoms with Crippen LogP contribution in [-0.2, 0) is 5.41 Å². The van der Waals surface area contributed by atoms with Crippen LogP contribution in [0.1, 0.15) is 26.3 Å². The molecule has 23 heavy (non-hydrogen) atoms. The molecule has 1 aromatic heterocycles. The average molecular weight is 300 g/mol. The number of hydrogen-bond donors (Lipinski definition) is 0. The summed E-state index contributed by atoms with van der Waals surface area (Å²) in [6, 6.07) is 23.3. The van der Waals surface area contributed by atoms with Gasteiger partial charge >= 0.3 is 0 Å². The van der Waals surface area contributed by atoms with Crippen LogP contribution in [0.4, 0.5) is 0 Å². The summed E-state index contributed by atoms with van der Waals surface area (Å²) >= 11 is 0. The highest BCUT2D eigenvalue weighted by Gasteiger charge is 2.20. The van der Waals surface area contributed by atoms with Gasteiger partial charge in [0.05, 0.1) is 0 Å². The van der Waals surface area contributed by atoms with Gasteiger partial charge in [-0.15, -0.1) is 0 Å². The van der Waals surface area contributed by atoms with Crippen molar-refractivity contribution in [3.8, 4) is 11.1 Å². The molecule has 0 aliphatic heterocycles. The molecular weight excluding hydrogens is 280 g/mol. The van der Waals surface area contributed by atoms with E-state index in [2.05, 4.69) is 81.4 Å². The van der Waals surface area contributed by atoms with Crippen LogP contribution in [0.2, 0.25) is 0 Å². The van der Waals surface area contributed by atoms with Gasteiger partial charge in [0.1, 0.15) is 11.2 Å². The second-order valence-corrected chi connectivity index (χ2v) is 7.11. The lowest BCUT2D eigenvalue weighted by Crippen LogP contribution is -2.11. The zero-order valence-corrected chi connectivity index (χ0v) is 13.8. The minimum absolute atomic E-state index is 0.0917. The van der Waals surface area contributed by atoms with Gasteiger partial charge in [0, 0.05) is 10.8 Å². The van der Waals surface area contributed by atoms with Crippen LogP contribution >= 0.6 is 0 Å². The van der Waals surface area contributed by atoms with Crippen molar-refractivity contribution in [2.24, 2.45) is 0 Å². The molecule has 4 rings (SSSR count). The van der Waals surface area contributed by atoms with Crippen molar-refractivity contribution in [3.05, 3.63) is 72.3 Å². The molecule has 1 heteroatoms. The standard InChI is InChI=1S/C22H20O/c1-22(2,3)18-10-7-11-19-21(18)17-13-12-16(14-20(17)23-19)15-8-5-4-6-9-15/h4-14H,1-3H3. The molecule has 114 valence electrons. The quantitative estimate of drug-likeness (QED) is 0.388. The van der Waals surface area contributed by atoms with E-state index >= 15 is 0 Å². The van der Waals surface area contributed by atoms with Gasteiger partial charge < -0.3 is 4.42 Å². The van der Waals surface area contributed by atoms with Gasteiger partial charge in [-0.05, 0) is 40.3 Å². The summed E-state index contributed by atoms with van der Waals surface area (Å²) in [5.74, 6) is 0. The van der Waals surface area contributed by atoms with E-state index in [0.717, 1.165) is 11.2 Å². The molecule has 0 bridgehead atoms. The monoisotopic (exact) mass is 300 g/mol. The van der Waals surface area contributed by atoms with E-state index in [1.165, 1.54) is 27.5 Å². The summed E-state index contributed by atoms with van der Waals surface area (Å²) in [6.07, 6.45) is 0. The van der Waals surface area contributed by atoms with Gasteiger partial charge in [0.2, 0.25) is 0 Å². The Morgan fingerprint density at radius 2 is 1.48 bits per heavy atom. The largest absolute Gasteiger partial charge is 0.456 e. The van der Waals surface area contributed by atoms with Crippen LogP contribution in [0.25, 0.3) is 33.1 Å². The Labute approximate surface area is 136 Å². The molecule has 1 nitrogen and oxygen atoms in total. The molecule has 0 atom stereocenters. The Bertz CT molecular complexity index is 985. The topological polar surface area (TPSA) is 13.1 Å². The Kier molecular flexibility index (Phi) is 3.05. The van der Waals surface area contributed by atoms with Gasteiger partial charge in [-0.1, -0.05) is 69.3 Å². The van der Waals surface area contributed by atoms with Crippen molar-refractivity contribution in [1.29, 1.82) is 0 Å². The Hall–Kier alpha value is -2.54. The van der Waals surface area contributed by atoms with E-state index in [1.54, 1.807) is 0 Å². The van der Waals surface area contributed by atoms with Crippen molar-refractivity contribution >= 4 is 21.9 Å². The maximum Gasteiger partial charge on any atom is 0.136 e. The predicted molar refractivity (Wildman–Crippen MR) is 97.9 cm³/mol. The third-order valence-corrected chi connectivity index (χ3v) is 4.41. The van der Waals surface area contributed by atoms with Gasteiger partial charge in [-0.3, -0.25) is 0 Å². The Morgan fingerprint density at radius 3 is 2.22 bits per heavy atom. The first-order chi connectivity index (χ1) is 11.0. The molecule has 0 unspecified atom stereocenters. The van der Waals surface area contributed by atoms with Crippen LogP contribution in [0.15, 0.2) is 71.1 Å². The van der Waals surface area contributed by atoms with Crippen LogP contribution in [-0.4, -0.2) is 0 Å². The van der Waals surface area contributed by atoms with E-state index in [4.69, 9.17) is 4.42 Å². The second kappa shape index (κ2) is 4.99.